The summed E-state index contributed by atoms with van der Waals surface area (Å²) in [5, 5.41) is 13.0. The molecule has 3 heterocycles. The number of likely N-dealkylation sites (N-methyl/N-ethyl adjacent to an activating group) is 1. The van der Waals surface area contributed by atoms with Gasteiger partial charge in [-0.2, -0.15) is 0 Å². The largest absolute Gasteiger partial charge is 0.481 e. The van der Waals surface area contributed by atoms with E-state index in [4.69, 9.17) is 32.7 Å². The Bertz CT molecular complexity index is 1460. The van der Waals surface area contributed by atoms with Crippen molar-refractivity contribution in [2.45, 2.75) is 68.7 Å². The molecule has 2 aromatic carbocycles. The molecule has 46 heavy (non-hydrogen) atoms. The number of amides is 2. The normalized spacial score (nSPS) is 26.6. The van der Waals surface area contributed by atoms with Crippen LogP contribution in [-0.2, 0) is 30.3 Å². The van der Waals surface area contributed by atoms with Crippen molar-refractivity contribution in [2.75, 3.05) is 57.2 Å². The molecule has 2 N–H and O–H groups in total. The van der Waals surface area contributed by atoms with Gasteiger partial charge in [-0.3, -0.25) is 19.3 Å². The predicted molar refractivity (Wildman–Crippen MR) is 177 cm³/mol. The Hall–Kier alpha value is -2.89. The summed E-state index contributed by atoms with van der Waals surface area (Å²) < 4.78 is 11.8. The first kappa shape index (κ1) is 33.0. The van der Waals surface area contributed by atoms with Crippen LogP contribution in [0.1, 0.15) is 49.1 Å². The van der Waals surface area contributed by atoms with Crippen molar-refractivity contribution in [3.05, 3.63) is 57.6 Å². The number of anilines is 2. The first-order valence-electron chi connectivity index (χ1n) is 16.1. The number of carbonyl (C=O) groups is 3. The molecular weight excluding hydrogens is 631 g/mol. The summed E-state index contributed by atoms with van der Waals surface area (Å²) in [5.74, 6) is -1.60. The highest BCUT2D eigenvalue weighted by Crippen LogP contribution is 2.37. The number of nitrogens with zero attached hydrogens (tertiary/aromatic N) is 3. The molecule has 0 spiro atoms. The number of fused-ring (bicyclic) bond motifs is 1. The van der Waals surface area contributed by atoms with Crippen LogP contribution in [0.4, 0.5) is 11.4 Å². The van der Waals surface area contributed by atoms with E-state index in [1.165, 1.54) is 0 Å². The van der Waals surface area contributed by atoms with E-state index in [1.807, 2.05) is 36.2 Å². The van der Waals surface area contributed by atoms with E-state index >= 15 is 0 Å². The fourth-order valence-corrected chi connectivity index (χ4v) is 7.85. The first-order valence-corrected chi connectivity index (χ1v) is 16.9. The average Bonchev–Trinajstić information content (AvgIpc) is 3.59. The van der Waals surface area contributed by atoms with Crippen molar-refractivity contribution in [1.29, 1.82) is 0 Å². The maximum absolute atomic E-state index is 13.8. The molecule has 4 aliphatic rings. The third-order valence-corrected chi connectivity index (χ3v) is 10.9. The van der Waals surface area contributed by atoms with Crippen LogP contribution in [0.3, 0.4) is 0 Å². The van der Waals surface area contributed by atoms with E-state index in [9.17, 15) is 19.5 Å². The molecule has 3 atom stereocenters. The molecule has 248 valence electrons. The van der Waals surface area contributed by atoms with Crippen molar-refractivity contribution in [3.8, 4) is 0 Å². The van der Waals surface area contributed by atoms with E-state index in [0.29, 0.717) is 66.7 Å². The summed E-state index contributed by atoms with van der Waals surface area (Å²) >= 11 is 13.4. The van der Waals surface area contributed by atoms with Gasteiger partial charge in [-0.25, -0.2) is 0 Å². The van der Waals surface area contributed by atoms with Gasteiger partial charge in [-0.15, -0.1) is 0 Å². The van der Waals surface area contributed by atoms with Crippen LogP contribution in [0.5, 0.6) is 0 Å². The van der Waals surface area contributed by atoms with Gasteiger partial charge in [0.2, 0.25) is 11.8 Å². The topological polar surface area (TPSA) is 112 Å². The number of benzene rings is 2. The summed E-state index contributed by atoms with van der Waals surface area (Å²) in [6.45, 7) is 3.25. The number of hydrogen-bond acceptors (Lipinski definition) is 7. The fraction of sp³-hybridized carbons (Fsp3) is 0.559. The number of para-hydroxylation sites is 1. The molecule has 10 nitrogen and oxygen atoms in total. The molecule has 3 aliphatic heterocycles. The molecule has 3 fully saturated rings. The van der Waals surface area contributed by atoms with Gasteiger partial charge in [-0.1, -0.05) is 41.4 Å². The monoisotopic (exact) mass is 672 g/mol. The number of halogens is 2. The average molecular weight is 674 g/mol. The molecular formula is C34H42Cl2N4O6. The Labute approximate surface area is 279 Å². The van der Waals surface area contributed by atoms with E-state index in [2.05, 4.69) is 15.1 Å². The molecule has 1 saturated carbocycles. The lowest BCUT2D eigenvalue weighted by atomic mass is 9.87. The lowest BCUT2D eigenvalue weighted by Crippen LogP contribution is -2.56. The van der Waals surface area contributed by atoms with Crippen molar-refractivity contribution < 1.29 is 29.0 Å². The minimum absolute atomic E-state index is 0.00241. The van der Waals surface area contributed by atoms with Crippen molar-refractivity contribution in [2.24, 2.45) is 5.92 Å². The fourth-order valence-electron chi connectivity index (χ4n) is 7.39. The maximum atomic E-state index is 13.8. The van der Waals surface area contributed by atoms with E-state index in [-0.39, 0.29) is 54.4 Å². The van der Waals surface area contributed by atoms with E-state index < -0.39 is 5.97 Å². The highest BCUT2D eigenvalue weighted by molar-refractivity contribution is 6.36. The van der Waals surface area contributed by atoms with E-state index in [0.717, 1.165) is 30.8 Å². The van der Waals surface area contributed by atoms with E-state index in [1.54, 1.807) is 19.2 Å². The zero-order valence-electron chi connectivity index (χ0n) is 26.3. The quantitative estimate of drug-likeness (QED) is 0.375. The van der Waals surface area contributed by atoms with Gasteiger partial charge in [-0.05, 0) is 61.4 Å². The number of aliphatic carboxylic acids is 1. The zero-order valence-corrected chi connectivity index (χ0v) is 27.8. The van der Waals surface area contributed by atoms with Crippen molar-refractivity contribution in [1.82, 2.24) is 9.80 Å². The molecule has 2 saturated heterocycles. The summed E-state index contributed by atoms with van der Waals surface area (Å²) in [5.41, 5.74) is 3.01. The highest BCUT2D eigenvalue weighted by Gasteiger charge is 2.42. The Kier molecular flexibility index (Phi) is 10.1. The summed E-state index contributed by atoms with van der Waals surface area (Å²) in [7, 11) is 3.69. The number of nitrogens with one attached hydrogen (secondary N) is 1. The molecule has 2 amide bonds. The zero-order chi connectivity index (χ0) is 32.5. The van der Waals surface area contributed by atoms with Crippen LogP contribution in [0.25, 0.3) is 0 Å². The molecule has 0 aromatic heterocycles. The van der Waals surface area contributed by atoms with Gasteiger partial charge in [0.15, 0.2) is 0 Å². The van der Waals surface area contributed by atoms with Gasteiger partial charge in [0, 0.05) is 57.1 Å². The van der Waals surface area contributed by atoms with Gasteiger partial charge in [0.05, 0.1) is 53.8 Å². The molecule has 0 radical (unpaired) electrons. The van der Waals surface area contributed by atoms with Crippen LogP contribution in [0.2, 0.25) is 10.0 Å². The van der Waals surface area contributed by atoms with Gasteiger partial charge < -0.3 is 29.7 Å². The second-order valence-corrected chi connectivity index (χ2v) is 13.9. The van der Waals surface area contributed by atoms with Crippen LogP contribution >= 0.6 is 23.2 Å². The first-order chi connectivity index (χ1) is 22.1. The third kappa shape index (κ3) is 7.01. The van der Waals surface area contributed by atoms with Crippen LogP contribution in [-0.4, -0.2) is 104 Å². The number of carboxylic acids is 1. The summed E-state index contributed by atoms with van der Waals surface area (Å²) in [6, 6.07) is 11.3. The standard InChI is InChI=1S/C34H42Cl2N4O6/c1-38-18-27(26-5-3-4-6-31(26)38)33(42)37-30-14-28(35)21(11-29(30)36)12-32(41)40-15-22(39-16-25(17-39)45-2)13-23(40)19-46-24-9-7-20(8-10-24)34(43)44/h3-6,11,14,20,22-25,27H,7-10,12-13,15-19H2,1-2H3,(H,37,42)(H,43,44)/t20?,22-,23-,24?,27?/m0/s1. The van der Waals surface area contributed by atoms with Gasteiger partial charge in [0.25, 0.3) is 0 Å². The Morgan fingerprint density at radius 3 is 2.43 bits per heavy atom. The number of ether oxygens (including phenoxy) is 2. The second kappa shape index (κ2) is 14.1. The van der Waals surface area contributed by atoms with Crippen LogP contribution < -0.4 is 10.2 Å². The molecule has 1 unspecified atom stereocenters. The number of carboxylic acid groups (broad SMARTS) is 1. The molecule has 1 aliphatic carbocycles. The minimum Gasteiger partial charge on any atom is -0.481 e. The molecule has 6 rings (SSSR count). The van der Waals surface area contributed by atoms with Gasteiger partial charge >= 0.3 is 5.97 Å². The summed E-state index contributed by atoms with van der Waals surface area (Å²) in [4.78, 5) is 44.8. The Balaban J connectivity index is 1.10. The highest BCUT2D eigenvalue weighted by atomic mass is 35.5. The lowest BCUT2D eigenvalue weighted by Gasteiger charge is -2.42. The maximum Gasteiger partial charge on any atom is 0.306 e. The summed E-state index contributed by atoms with van der Waals surface area (Å²) in [6.07, 6.45) is 3.74. The molecule has 12 heteroatoms. The molecule has 2 aromatic rings. The smallest absolute Gasteiger partial charge is 0.306 e. The van der Waals surface area contributed by atoms with Crippen molar-refractivity contribution in [3.63, 3.8) is 0 Å². The van der Waals surface area contributed by atoms with Crippen LogP contribution in [0, 0.1) is 5.92 Å². The van der Waals surface area contributed by atoms with Gasteiger partial charge in [0.1, 0.15) is 0 Å². The predicted octanol–water partition coefficient (Wildman–Crippen LogP) is 4.67. The number of methoxy groups -OCH3 is 1. The molecule has 0 bridgehead atoms. The second-order valence-electron chi connectivity index (χ2n) is 13.1. The SMILES string of the molecule is COC1CN([C@H]2C[C@@H](COC3CCC(C(=O)O)CC3)N(C(=O)Cc3cc(Cl)c(NC(=O)C4CN(C)c5ccccc54)cc3Cl)C2)C1. The lowest BCUT2D eigenvalue weighted by molar-refractivity contribution is -0.144. The number of hydrogen-bond donors (Lipinski definition) is 2. The Morgan fingerprint density at radius 1 is 0.978 bits per heavy atom. The Morgan fingerprint density at radius 2 is 1.72 bits per heavy atom. The number of likely N-dealkylation sites (tertiary alicyclic amines) is 2. The van der Waals surface area contributed by atoms with Crippen molar-refractivity contribution >= 4 is 52.4 Å². The number of rotatable bonds is 10. The third-order valence-electron chi connectivity index (χ3n) is 10.2. The van der Waals surface area contributed by atoms with Crippen LogP contribution in [0.15, 0.2) is 36.4 Å². The number of carbonyl (C=O) groups excluding carboxylic acids is 2. The minimum atomic E-state index is -0.737.